The van der Waals surface area contributed by atoms with Crippen LogP contribution in [0.15, 0.2) is 47.4 Å². The first-order chi connectivity index (χ1) is 15.1. The SMILES string of the molecule is CCOc1ccccc1NC(=O)NC1CCN(c2nc3cccnc3n(C)c2=O)CC1. The fourth-order valence-electron chi connectivity index (χ4n) is 3.78. The van der Waals surface area contributed by atoms with Crippen molar-refractivity contribution in [1.82, 2.24) is 19.9 Å². The number of amides is 2. The topological polar surface area (TPSA) is 101 Å². The zero-order valence-electron chi connectivity index (χ0n) is 17.7. The van der Waals surface area contributed by atoms with Gasteiger partial charge in [0.2, 0.25) is 0 Å². The lowest BCUT2D eigenvalue weighted by molar-refractivity contribution is 0.245. The van der Waals surface area contributed by atoms with Crippen LogP contribution in [-0.4, -0.2) is 46.3 Å². The molecular formula is C22H26N6O3. The first-order valence-corrected chi connectivity index (χ1v) is 10.4. The second-order valence-electron chi connectivity index (χ2n) is 7.43. The number of fused-ring (bicyclic) bond motifs is 1. The molecule has 31 heavy (non-hydrogen) atoms. The standard InChI is InChI=1S/C22H26N6O3/c1-3-31-18-9-5-4-7-16(18)26-22(30)24-15-10-13-28(14-11-15)20-21(29)27(2)19-17(25-20)8-6-12-23-19/h4-9,12,15H,3,10-11,13-14H2,1-2H3,(H2,24,26,30). The Hall–Kier alpha value is -3.62. The molecule has 1 saturated heterocycles. The summed E-state index contributed by atoms with van der Waals surface area (Å²) in [7, 11) is 1.71. The molecular weight excluding hydrogens is 396 g/mol. The maximum Gasteiger partial charge on any atom is 0.319 e. The monoisotopic (exact) mass is 422 g/mol. The van der Waals surface area contributed by atoms with Gasteiger partial charge in [-0.2, -0.15) is 0 Å². The third-order valence-corrected chi connectivity index (χ3v) is 5.37. The molecule has 0 radical (unpaired) electrons. The van der Waals surface area contributed by atoms with Crippen LogP contribution in [0.25, 0.3) is 11.2 Å². The molecule has 0 spiro atoms. The Kier molecular flexibility index (Phi) is 6.01. The maximum absolute atomic E-state index is 12.8. The smallest absolute Gasteiger partial charge is 0.319 e. The van der Waals surface area contributed by atoms with Gasteiger partial charge in [-0.05, 0) is 44.0 Å². The molecule has 3 aromatic rings. The number of piperidine rings is 1. The van der Waals surface area contributed by atoms with Crippen molar-refractivity contribution in [3.05, 3.63) is 52.9 Å². The summed E-state index contributed by atoms with van der Waals surface area (Å²) in [5.74, 6) is 1.07. The van der Waals surface area contributed by atoms with Gasteiger partial charge < -0.3 is 20.3 Å². The van der Waals surface area contributed by atoms with Crippen LogP contribution in [0, 0.1) is 0 Å². The van der Waals surface area contributed by atoms with E-state index in [1.807, 2.05) is 48.2 Å². The number of carbonyl (C=O) groups is 1. The third-order valence-electron chi connectivity index (χ3n) is 5.37. The highest BCUT2D eigenvalue weighted by atomic mass is 16.5. The Bertz CT molecular complexity index is 1140. The fourth-order valence-corrected chi connectivity index (χ4v) is 3.78. The number of hydrogen-bond acceptors (Lipinski definition) is 6. The average Bonchev–Trinajstić information content (AvgIpc) is 2.78. The highest BCUT2D eigenvalue weighted by molar-refractivity contribution is 5.91. The first-order valence-electron chi connectivity index (χ1n) is 10.4. The molecule has 9 nitrogen and oxygen atoms in total. The summed E-state index contributed by atoms with van der Waals surface area (Å²) in [6.07, 6.45) is 3.09. The summed E-state index contributed by atoms with van der Waals surface area (Å²) in [4.78, 5) is 36.0. The van der Waals surface area contributed by atoms with Crippen molar-refractivity contribution in [1.29, 1.82) is 0 Å². The first kappa shape index (κ1) is 20.6. The minimum Gasteiger partial charge on any atom is -0.492 e. The lowest BCUT2D eigenvalue weighted by atomic mass is 10.1. The number of nitrogens with zero attached hydrogens (tertiary/aromatic N) is 4. The van der Waals surface area contributed by atoms with E-state index < -0.39 is 0 Å². The summed E-state index contributed by atoms with van der Waals surface area (Å²) < 4.78 is 7.08. The van der Waals surface area contributed by atoms with E-state index in [0.717, 1.165) is 12.8 Å². The Labute approximate surface area is 180 Å². The molecule has 9 heteroatoms. The lowest BCUT2D eigenvalue weighted by Crippen LogP contribution is -2.47. The van der Waals surface area contributed by atoms with Crippen LogP contribution < -0.4 is 25.8 Å². The molecule has 0 aliphatic carbocycles. The molecule has 4 rings (SSSR count). The van der Waals surface area contributed by atoms with Crippen molar-refractivity contribution in [3.63, 3.8) is 0 Å². The summed E-state index contributed by atoms with van der Waals surface area (Å²) in [6, 6.07) is 10.8. The molecule has 162 valence electrons. The molecule has 0 unspecified atom stereocenters. The van der Waals surface area contributed by atoms with Crippen molar-refractivity contribution in [3.8, 4) is 5.75 Å². The van der Waals surface area contributed by atoms with Crippen LogP contribution in [-0.2, 0) is 7.05 Å². The maximum atomic E-state index is 12.8. The molecule has 0 bridgehead atoms. The molecule has 0 saturated carbocycles. The highest BCUT2D eigenvalue weighted by Gasteiger charge is 2.24. The number of aryl methyl sites for hydroxylation is 1. The van der Waals surface area contributed by atoms with Gasteiger partial charge in [-0.25, -0.2) is 14.8 Å². The summed E-state index contributed by atoms with van der Waals surface area (Å²) in [6.45, 7) is 3.69. The number of ether oxygens (including phenoxy) is 1. The number of hydrogen-bond donors (Lipinski definition) is 2. The summed E-state index contributed by atoms with van der Waals surface area (Å²) >= 11 is 0. The Balaban J connectivity index is 1.38. The van der Waals surface area contributed by atoms with Gasteiger partial charge >= 0.3 is 6.03 Å². The quantitative estimate of drug-likeness (QED) is 0.655. The van der Waals surface area contributed by atoms with Crippen molar-refractivity contribution in [2.45, 2.75) is 25.8 Å². The summed E-state index contributed by atoms with van der Waals surface area (Å²) in [5.41, 5.74) is 1.73. The van der Waals surface area contributed by atoms with E-state index in [4.69, 9.17) is 4.74 Å². The lowest BCUT2D eigenvalue weighted by Gasteiger charge is -2.33. The van der Waals surface area contributed by atoms with Crippen molar-refractivity contribution in [2.75, 3.05) is 29.9 Å². The van der Waals surface area contributed by atoms with Crippen molar-refractivity contribution < 1.29 is 9.53 Å². The van der Waals surface area contributed by atoms with Gasteiger partial charge in [-0.3, -0.25) is 9.36 Å². The number of anilines is 2. The van der Waals surface area contributed by atoms with Crippen molar-refractivity contribution in [2.24, 2.45) is 7.05 Å². The van der Waals surface area contributed by atoms with E-state index in [9.17, 15) is 9.59 Å². The van der Waals surface area contributed by atoms with Gasteiger partial charge in [0.25, 0.3) is 5.56 Å². The van der Waals surface area contributed by atoms with E-state index in [0.29, 0.717) is 48.1 Å². The normalized spacial score (nSPS) is 14.5. The molecule has 1 aliphatic heterocycles. The Morgan fingerprint density at radius 1 is 1.19 bits per heavy atom. The van der Waals surface area contributed by atoms with Gasteiger partial charge in [0.15, 0.2) is 11.5 Å². The number of benzene rings is 1. The second kappa shape index (κ2) is 9.03. The van der Waals surface area contributed by atoms with Crippen LogP contribution in [0.4, 0.5) is 16.3 Å². The van der Waals surface area contributed by atoms with Gasteiger partial charge in [0.05, 0.1) is 12.3 Å². The molecule has 1 fully saturated rings. The predicted octanol–water partition coefficient (Wildman–Crippen LogP) is 2.52. The van der Waals surface area contributed by atoms with Gasteiger partial charge in [0, 0.05) is 32.4 Å². The van der Waals surface area contributed by atoms with Crippen LogP contribution in [0.3, 0.4) is 0 Å². The number of nitrogens with one attached hydrogen (secondary N) is 2. The molecule has 2 N–H and O–H groups in total. The molecule has 1 aliphatic rings. The zero-order valence-corrected chi connectivity index (χ0v) is 17.7. The highest BCUT2D eigenvalue weighted by Crippen LogP contribution is 2.24. The number of para-hydroxylation sites is 2. The molecule has 2 amide bonds. The second-order valence-corrected chi connectivity index (χ2v) is 7.43. The van der Waals surface area contributed by atoms with Crippen molar-refractivity contribution >= 4 is 28.7 Å². The molecule has 2 aromatic heterocycles. The largest absolute Gasteiger partial charge is 0.492 e. The fraction of sp³-hybridized carbons (Fsp3) is 0.364. The predicted molar refractivity (Wildman–Crippen MR) is 120 cm³/mol. The number of aromatic nitrogens is 3. The van der Waals surface area contributed by atoms with Crippen LogP contribution in [0.2, 0.25) is 0 Å². The van der Waals surface area contributed by atoms with Crippen LogP contribution >= 0.6 is 0 Å². The van der Waals surface area contributed by atoms with Crippen LogP contribution in [0.1, 0.15) is 19.8 Å². The van der Waals surface area contributed by atoms with Crippen LogP contribution in [0.5, 0.6) is 5.75 Å². The van der Waals surface area contributed by atoms with Gasteiger partial charge in [-0.15, -0.1) is 0 Å². The Morgan fingerprint density at radius 2 is 1.97 bits per heavy atom. The number of urea groups is 1. The van der Waals surface area contributed by atoms with E-state index in [2.05, 4.69) is 20.6 Å². The molecule has 0 atom stereocenters. The number of rotatable bonds is 5. The van der Waals surface area contributed by atoms with E-state index in [1.165, 1.54) is 4.57 Å². The van der Waals surface area contributed by atoms with E-state index in [-0.39, 0.29) is 17.6 Å². The van der Waals surface area contributed by atoms with E-state index >= 15 is 0 Å². The average molecular weight is 422 g/mol. The summed E-state index contributed by atoms with van der Waals surface area (Å²) in [5, 5.41) is 5.88. The zero-order chi connectivity index (χ0) is 21.8. The minimum absolute atomic E-state index is 0.0153. The van der Waals surface area contributed by atoms with Gasteiger partial charge in [0.1, 0.15) is 11.3 Å². The van der Waals surface area contributed by atoms with E-state index in [1.54, 1.807) is 13.2 Å². The molecule has 1 aromatic carbocycles. The van der Waals surface area contributed by atoms with Gasteiger partial charge in [-0.1, -0.05) is 12.1 Å². The third kappa shape index (κ3) is 4.45. The minimum atomic E-state index is -0.267. The molecule has 3 heterocycles. The Morgan fingerprint density at radius 3 is 2.74 bits per heavy atom. The number of pyridine rings is 1. The number of carbonyl (C=O) groups excluding carboxylic acids is 1.